The number of methoxy groups -OCH3 is 1. The lowest BCUT2D eigenvalue weighted by molar-refractivity contribution is -0.134. The van der Waals surface area contributed by atoms with Gasteiger partial charge in [-0.2, -0.15) is 0 Å². The second kappa shape index (κ2) is 10.7. The van der Waals surface area contributed by atoms with Gasteiger partial charge in [-0.25, -0.2) is 9.59 Å². The summed E-state index contributed by atoms with van der Waals surface area (Å²) in [5.41, 5.74) is 0.287. The van der Waals surface area contributed by atoms with Crippen molar-refractivity contribution in [1.82, 2.24) is 4.90 Å². The maximum Gasteiger partial charge on any atom is 0.328 e. The summed E-state index contributed by atoms with van der Waals surface area (Å²) in [5.74, 6) is -1.40. The van der Waals surface area contributed by atoms with E-state index in [1.807, 2.05) is 24.3 Å². The lowest BCUT2D eigenvalue weighted by Gasteiger charge is -2.41. The molecule has 0 aromatic heterocycles. The zero-order chi connectivity index (χ0) is 20.4. The third-order valence-electron chi connectivity index (χ3n) is 4.56. The number of carboxylic acid groups (broad SMARTS) is 2. The molecule has 0 saturated heterocycles. The second-order valence-corrected chi connectivity index (χ2v) is 6.87. The summed E-state index contributed by atoms with van der Waals surface area (Å²) in [5, 5.41) is 26.8. The fourth-order valence-corrected chi connectivity index (χ4v) is 3.33. The van der Waals surface area contributed by atoms with Crippen LogP contribution in [0.3, 0.4) is 0 Å². The highest BCUT2D eigenvalue weighted by Crippen LogP contribution is 2.42. The van der Waals surface area contributed by atoms with Crippen LogP contribution in [0.2, 0.25) is 0 Å². The number of hydrogen-bond donors (Lipinski definition) is 3. The van der Waals surface area contributed by atoms with Gasteiger partial charge in [0, 0.05) is 24.6 Å². The fraction of sp³-hybridized carbons (Fsp3) is 0.500. The SMILES string of the molecule is COc1cccc([C@@]2(O)CCCC[C@@H]2CN(C)C)c1.O=C(O)C=CC(=O)O. The lowest BCUT2D eigenvalue weighted by atomic mass is 9.71. The Morgan fingerprint density at radius 3 is 2.37 bits per heavy atom. The number of nitrogens with zero attached hydrogens (tertiary/aromatic N) is 1. The van der Waals surface area contributed by atoms with E-state index in [0.29, 0.717) is 18.1 Å². The van der Waals surface area contributed by atoms with Gasteiger partial charge in [-0.15, -0.1) is 0 Å². The Morgan fingerprint density at radius 2 is 1.85 bits per heavy atom. The van der Waals surface area contributed by atoms with Crippen LogP contribution in [0.25, 0.3) is 0 Å². The van der Waals surface area contributed by atoms with Crippen LogP contribution in [-0.2, 0) is 15.2 Å². The van der Waals surface area contributed by atoms with Crippen molar-refractivity contribution in [3.05, 3.63) is 42.0 Å². The Bertz CT molecular complexity index is 642. The molecule has 7 heteroatoms. The van der Waals surface area contributed by atoms with E-state index in [1.54, 1.807) is 7.11 Å². The summed E-state index contributed by atoms with van der Waals surface area (Å²) in [4.78, 5) is 21.3. The number of aliphatic hydroxyl groups is 1. The van der Waals surface area contributed by atoms with Crippen LogP contribution < -0.4 is 4.74 Å². The van der Waals surface area contributed by atoms with Crippen LogP contribution in [0.15, 0.2) is 36.4 Å². The summed E-state index contributed by atoms with van der Waals surface area (Å²) < 4.78 is 5.29. The molecule has 3 N–H and O–H groups in total. The Labute approximate surface area is 159 Å². The topological polar surface area (TPSA) is 107 Å². The van der Waals surface area contributed by atoms with Crippen LogP contribution in [-0.4, -0.2) is 59.9 Å². The third-order valence-corrected chi connectivity index (χ3v) is 4.56. The van der Waals surface area contributed by atoms with E-state index in [-0.39, 0.29) is 0 Å². The van der Waals surface area contributed by atoms with Gasteiger partial charge in [0.1, 0.15) is 5.75 Å². The molecule has 0 radical (unpaired) electrons. The van der Waals surface area contributed by atoms with E-state index < -0.39 is 17.5 Å². The van der Waals surface area contributed by atoms with Crippen molar-refractivity contribution in [1.29, 1.82) is 0 Å². The first-order chi connectivity index (χ1) is 12.7. The van der Waals surface area contributed by atoms with Crippen molar-refractivity contribution >= 4 is 11.9 Å². The van der Waals surface area contributed by atoms with E-state index in [4.69, 9.17) is 14.9 Å². The van der Waals surface area contributed by atoms with Crippen molar-refractivity contribution in [3.63, 3.8) is 0 Å². The molecule has 27 heavy (non-hydrogen) atoms. The predicted octanol–water partition coefficient (Wildman–Crippen LogP) is 2.35. The highest BCUT2D eigenvalue weighted by molar-refractivity contribution is 5.89. The first-order valence-corrected chi connectivity index (χ1v) is 8.84. The van der Waals surface area contributed by atoms with Gasteiger partial charge in [0.15, 0.2) is 0 Å². The highest BCUT2D eigenvalue weighted by Gasteiger charge is 2.40. The average Bonchev–Trinajstić information content (AvgIpc) is 2.62. The highest BCUT2D eigenvalue weighted by atomic mass is 16.5. The molecule has 1 aromatic carbocycles. The normalized spacial score (nSPS) is 22.2. The smallest absolute Gasteiger partial charge is 0.328 e. The average molecular weight is 379 g/mol. The standard InChI is InChI=1S/C16H25NO2.C4H4O4/c1-17(2)12-14-7-4-5-10-16(14,18)13-8-6-9-15(11-13)19-3;5-3(6)1-2-4(7)8/h6,8-9,11,14,18H,4-5,7,10,12H2,1-3H3;1-2H,(H,5,6)(H,7,8)/t14-,16+;/m1./s1. The Balaban J connectivity index is 0.000000387. The molecule has 1 saturated carbocycles. The van der Waals surface area contributed by atoms with E-state index >= 15 is 0 Å². The second-order valence-electron chi connectivity index (χ2n) is 6.87. The summed E-state index contributed by atoms with van der Waals surface area (Å²) >= 11 is 0. The summed E-state index contributed by atoms with van der Waals surface area (Å²) in [6.07, 6.45) is 5.36. The maximum atomic E-state index is 11.2. The molecule has 1 aromatic rings. The molecule has 0 spiro atoms. The Morgan fingerprint density at radius 1 is 1.22 bits per heavy atom. The molecule has 0 bridgehead atoms. The molecule has 7 nitrogen and oxygen atoms in total. The maximum absolute atomic E-state index is 11.2. The summed E-state index contributed by atoms with van der Waals surface area (Å²) in [7, 11) is 5.81. The van der Waals surface area contributed by atoms with Crippen LogP contribution in [0.5, 0.6) is 5.75 Å². The van der Waals surface area contributed by atoms with Crippen molar-refractivity contribution in [2.75, 3.05) is 27.7 Å². The third kappa shape index (κ3) is 7.40. The van der Waals surface area contributed by atoms with Crippen LogP contribution in [0.1, 0.15) is 31.2 Å². The molecule has 1 aliphatic rings. The minimum absolute atomic E-state index is 0.295. The van der Waals surface area contributed by atoms with E-state index in [0.717, 1.165) is 37.1 Å². The van der Waals surface area contributed by atoms with Gasteiger partial charge >= 0.3 is 11.9 Å². The zero-order valence-corrected chi connectivity index (χ0v) is 16.1. The molecule has 0 aliphatic heterocycles. The van der Waals surface area contributed by atoms with Crippen molar-refractivity contribution in [3.8, 4) is 5.75 Å². The van der Waals surface area contributed by atoms with Gasteiger partial charge < -0.3 is 25.0 Å². The molecule has 0 heterocycles. The van der Waals surface area contributed by atoms with E-state index in [9.17, 15) is 14.7 Å². The first-order valence-electron chi connectivity index (χ1n) is 8.84. The molecule has 2 atom stereocenters. The molecule has 1 fully saturated rings. The van der Waals surface area contributed by atoms with Gasteiger partial charge in [-0.1, -0.05) is 25.0 Å². The minimum atomic E-state index is -1.26. The molecule has 0 unspecified atom stereocenters. The largest absolute Gasteiger partial charge is 0.497 e. The quantitative estimate of drug-likeness (QED) is 0.651. The van der Waals surface area contributed by atoms with Crippen LogP contribution >= 0.6 is 0 Å². The van der Waals surface area contributed by atoms with Crippen LogP contribution in [0.4, 0.5) is 0 Å². The molecule has 150 valence electrons. The van der Waals surface area contributed by atoms with E-state index in [1.165, 1.54) is 6.42 Å². The van der Waals surface area contributed by atoms with Gasteiger partial charge in [0.25, 0.3) is 0 Å². The minimum Gasteiger partial charge on any atom is -0.497 e. The molecule has 0 amide bonds. The van der Waals surface area contributed by atoms with Crippen molar-refractivity contribution in [2.45, 2.75) is 31.3 Å². The lowest BCUT2D eigenvalue weighted by Crippen LogP contribution is -2.43. The molecular formula is C20H29NO6. The zero-order valence-electron chi connectivity index (χ0n) is 16.1. The van der Waals surface area contributed by atoms with Gasteiger partial charge in [0.05, 0.1) is 12.7 Å². The van der Waals surface area contributed by atoms with E-state index in [2.05, 4.69) is 19.0 Å². The molecule has 2 rings (SSSR count). The summed E-state index contributed by atoms with van der Waals surface area (Å²) in [6.45, 7) is 0.924. The number of rotatable bonds is 6. The molecular weight excluding hydrogens is 350 g/mol. The van der Waals surface area contributed by atoms with Crippen molar-refractivity contribution < 1.29 is 29.6 Å². The summed E-state index contributed by atoms with van der Waals surface area (Å²) in [6, 6.07) is 7.90. The number of ether oxygens (including phenoxy) is 1. The number of hydrogen-bond acceptors (Lipinski definition) is 5. The fourth-order valence-electron chi connectivity index (χ4n) is 3.33. The number of carboxylic acids is 2. The van der Waals surface area contributed by atoms with Gasteiger partial charge in [-0.3, -0.25) is 0 Å². The number of benzene rings is 1. The van der Waals surface area contributed by atoms with Crippen molar-refractivity contribution in [2.24, 2.45) is 5.92 Å². The van der Waals surface area contributed by atoms with Crippen LogP contribution in [0, 0.1) is 5.92 Å². The number of carbonyl (C=O) groups is 2. The molecule has 1 aliphatic carbocycles. The van der Waals surface area contributed by atoms with Gasteiger partial charge in [-0.05, 0) is 44.6 Å². The Hall–Kier alpha value is -2.38. The number of aliphatic carboxylic acids is 2. The first kappa shape index (κ1) is 22.7. The Kier molecular flexibility index (Phi) is 8.97. The monoisotopic (exact) mass is 379 g/mol. The predicted molar refractivity (Wildman–Crippen MR) is 102 cm³/mol. The van der Waals surface area contributed by atoms with Gasteiger partial charge in [0.2, 0.25) is 0 Å².